The van der Waals surface area contributed by atoms with Crippen LogP contribution in [0.5, 0.6) is 0 Å². The molecular weight excluding hydrogens is 285 g/mol. The van der Waals surface area contributed by atoms with Gasteiger partial charge in [0.1, 0.15) is 0 Å². The number of benzene rings is 1. The molecule has 1 saturated heterocycles. The quantitative estimate of drug-likeness (QED) is 0.913. The number of rotatable bonds is 2. The van der Waals surface area contributed by atoms with Crippen LogP contribution in [-0.2, 0) is 12.7 Å². The van der Waals surface area contributed by atoms with Gasteiger partial charge in [0, 0.05) is 32.2 Å². The summed E-state index contributed by atoms with van der Waals surface area (Å²) in [6.07, 6.45) is -5.25. The topological polar surface area (TPSA) is 43.8 Å². The van der Waals surface area contributed by atoms with E-state index < -0.39 is 17.8 Å². The molecule has 1 unspecified atom stereocenters. The number of alkyl halides is 3. The summed E-state index contributed by atoms with van der Waals surface area (Å²) in [5.74, 6) is 0. The minimum Gasteiger partial charge on any atom is -0.465 e. The maximum atomic E-state index is 12.5. The van der Waals surface area contributed by atoms with Crippen molar-refractivity contribution in [1.29, 1.82) is 0 Å². The van der Waals surface area contributed by atoms with Gasteiger partial charge in [-0.1, -0.05) is 12.1 Å². The van der Waals surface area contributed by atoms with Crippen LogP contribution in [0.4, 0.5) is 18.0 Å². The maximum Gasteiger partial charge on any atom is 0.416 e. The van der Waals surface area contributed by atoms with Crippen LogP contribution in [0.25, 0.3) is 0 Å². The third-order valence-electron chi connectivity index (χ3n) is 3.64. The van der Waals surface area contributed by atoms with Crippen LogP contribution in [0.1, 0.15) is 18.1 Å². The maximum absolute atomic E-state index is 12.5. The van der Waals surface area contributed by atoms with Crippen LogP contribution in [0, 0.1) is 0 Å². The first-order valence-electron chi connectivity index (χ1n) is 6.65. The summed E-state index contributed by atoms with van der Waals surface area (Å²) in [5, 5.41) is 8.99. The van der Waals surface area contributed by atoms with Crippen molar-refractivity contribution < 1.29 is 23.1 Å². The van der Waals surface area contributed by atoms with E-state index in [0.717, 1.165) is 17.7 Å². The van der Waals surface area contributed by atoms with Crippen LogP contribution < -0.4 is 0 Å². The molecule has 1 amide bonds. The first-order valence-corrected chi connectivity index (χ1v) is 6.65. The van der Waals surface area contributed by atoms with E-state index in [-0.39, 0.29) is 6.04 Å². The van der Waals surface area contributed by atoms with Gasteiger partial charge in [0.15, 0.2) is 0 Å². The summed E-state index contributed by atoms with van der Waals surface area (Å²) < 4.78 is 37.4. The molecule has 7 heteroatoms. The third-order valence-corrected chi connectivity index (χ3v) is 3.64. The van der Waals surface area contributed by atoms with Crippen LogP contribution in [0.2, 0.25) is 0 Å². The molecule has 2 rings (SSSR count). The van der Waals surface area contributed by atoms with Crippen LogP contribution in [0.3, 0.4) is 0 Å². The van der Waals surface area contributed by atoms with Gasteiger partial charge in [-0.05, 0) is 24.6 Å². The minimum atomic E-state index is -4.32. The molecule has 1 aromatic rings. The molecule has 1 N–H and O–H groups in total. The first-order chi connectivity index (χ1) is 9.77. The monoisotopic (exact) mass is 302 g/mol. The number of carbonyl (C=O) groups is 1. The lowest BCUT2D eigenvalue weighted by atomic mass is 10.1. The second-order valence-electron chi connectivity index (χ2n) is 5.25. The molecule has 0 spiro atoms. The van der Waals surface area contributed by atoms with Gasteiger partial charge < -0.3 is 10.0 Å². The molecule has 1 aromatic carbocycles. The molecule has 1 aliphatic rings. The second-order valence-corrected chi connectivity index (χ2v) is 5.25. The van der Waals surface area contributed by atoms with E-state index in [9.17, 15) is 18.0 Å². The molecule has 0 saturated carbocycles. The van der Waals surface area contributed by atoms with Gasteiger partial charge in [0.25, 0.3) is 0 Å². The van der Waals surface area contributed by atoms with Crippen molar-refractivity contribution in [2.45, 2.75) is 25.7 Å². The lowest BCUT2D eigenvalue weighted by molar-refractivity contribution is -0.137. The number of hydrogen-bond acceptors (Lipinski definition) is 2. The van der Waals surface area contributed by atoms with Gasteiger partial charge in [-0.2, -0.15) is 13.2 Å². The summed E-state index contributed by atoms with van der Waals surface area (Å²) in [7, 11) is 0. The van der Waals surface area contributed by atoms with Crippen molar-refractivity contribution in [2.24, 2.45) is 0 Å². The van der Waals surface area contributed by atoms with E-state index in [2.05, 4.69) is 0 Å². The molecular formula is C14H17F3N2O2. The van der Waals surface area contributed by atoms with Crippen molar-refractivity contribution in [1.82, 2.24) is 9.80 Å². The van der Waals surface area contributed by atoms with E-state index in [1.807, 2.05) is 11.8 Å². The Morgan fingerprint density at radius 3 is 2.38 bits per heavy atom. The number of halogens is 3. The molecule has 1 heterocycles. The minimum absolute atomic E-state index is 0.120. The normalized spacial score (nSPS) is 20.6. The molecule has 1 atom stereocenters. The molecule has 116 valence electrons. The lowest BCUT2D eigenvalue weighted by Crippen LogP contribution is -2.53. The van der Waals surface area contributed by atoms with Crippen LogP contribution in [0.15, 0.2) is 24.3 Å². The Morgan fingerprint density at radius 2 is 1.90 bits per heavy atom. The summed E-state index contributed by atoms with van der Waals surface area (Å²) in [5.41, 5.74) is 0.134. The summed E-state index contributed by atoms with van der Waals surface area (Å²) in [6.45, 7) is 3.92. The Hall–Kier alpha value is -1.76. The lowest BCUT2D eigenvalue weighted by Gasteiger charge is -2.38. The summed E-state index contributed by atoms with van der Waals surface area (Å²) in [6, 6.07) is 4.97. The van der Waals surface area contributed by atoms with Gasteiger partial charge in [-0.15, -0.1) is 0 Å². The standard InChI is InChI=1S/C14H17F3N2O2/c1-10-8-18(6-7-19(10)13(20)21)9-11-2-4-12(5-3-11)14(15,16)17/h2-5,10H,6-9H2,1H3,(H,20,21). The highest BCUT2D eigenvalue weighted by Crippen LogP contribution is 2.29. The highest BCUT2D eigenvalue weighted by Gasteiger charge is 2.30. The molecule has 0 aromatic heterocycles. The van der Waals surface area contributed by atoms with Crippen molar-refractivity contribution in [2.75, 3.05) is 19.6 Å². The molecule has 4 nitrogen and oxygen atoms in total. The van der Waals surface area contributed by atoms with E-state index in [0.29, 0.717) is 26.2 Å². The number of nitrogens with zero attached hydrogens (tertiary/aromatic N) is 2. The highest BCUT2D eigenvalue weighted by atomic mass is 19.4. The molecule has 0 aliphatic carbocycles. The van der Waals surface area contributed by atoms with E-state index in [1.165, 1.54) is 17.0 Å². The van der Waals surface area contributed by atoms with Crippen molar-refractivity contribution in [3.63, 3.8) is 0 Å². The largest absolute Gasteiger partial charge is 0.465 e. The van der Waals surface area contributed by atoms with Crippen LogP contribution >= 0.6 is 0 Å². The van der Waals surface area contributed by atoms with Gasteiger partial charge in [0.05, 0.1) is 5.56 Å². The van der Waals surface area contributed by atoms with Crippen LogP contribution in [-0.4, -0.2) is 46.7 Å². The molecule has 1 fully saturated rings. The van der Waals surface area contributed by atoms with E-state index >= 15 is 0 Å². The van der Waals surface area contributed by atoms with Gasteiger partial charge in [-0.25, -0.2) is 4.79 Å². The van der Waals surface area contributed by atoms with E-state index in [1.54, 1.807) is 0 Å². The number of carboxylic acid groups (broad SMARTS) is 1. The molecule has 21 heavy (non-hydrogen) atoms. The van der Waals surface area contributed by atoms with E-state index in [4.69, 9.17) is 5.11 Å². The molecule has 0 bridgehead atoms. The van der Waals surface area contributed by atoms with Crippen molar-refractivity contribution in [3.05, 3.63) is 35.4 Å². The predicted molar refractivity (Wildman–Crippen MR) is 70.9 cm³/mol. The number of piperazine rings is 1. The fourth-order valence-electron chi connectivity index (χ4n) is 2.52. The highest BCUT2D eigenvalue weighted by molar-refractivity contribution is 5.65. The zero-order chi connectivity index (χ0) is 15.6. The Kier molecular flexibility index (Phi) is 4.41. The number of amides is 1. The van der Waals surface area contributed by atoms with Crippen molar-refractivity contribution in [3.8, 4) is 0 Å². The van der Waals surface area contributed by atoms with Gasteiger partial charge in [0.2, 0.25) is 0 Å². The van der Waals surface area contributed by atoms with Crippen molar-refractivity contribution >= 4 is 6.09 Å². The fraction of sp³-hybridized carbons (Fsp3) is 0.500. The Bertz CT molecular complexity index is 502. The Balaban J connectivity index is 1.96. The zero-order valence-electron chi connectivity index (χ0n) is 11.6. The fourth-order valence-corrected chi connectivity index (χ4v) is 2.52. The summed E-state index contributed by atoms with van der Waals surface area (Å²) >= 11 is 0. The SMILES string of the molecule is CC1CN(Cc2ccc(C(F)(F)F)cc2)CCN1C(=O)O. The molecule has 1 aliphatic heterocycles. The number of hydrogen-bond donors (Lipinski definition) is 1. The van der Waals surface area contributed by atoms with Gasteiger partial charge >= 0.3 is 12.3 Å². The second kappa shape index (κ2) is 5.93. The van der Waals surface area contributed by atoms with Gasteiger partial charge in [-0.3, -0.25) is 4.90 Å². The Morgan fingerprint density at radius 1 is 1.29 bits per heavy atom. The summed E-state index contributed by atoms with van der Waals surface area (Å²) in [4.78, 5) is 14.4. The average molecular weight is 302 g/mol. The predicted octanol–water partition coefficient (Wildman–Crippen LogP) is 2.89. The molecule has 0 radical (unpaired) electrons. The first kappa shape index (κ1) is 15.6. The average Bonchev–Trinajstić information content (AvgIpc) is 2.38. The Labute approximate surface area is 120 Å². The third kappa shape index (κ3) is 3.87. The zero-order valence-corrected chi connectivity index (χ0v) is 11.6. The smallest absolute Gasteiger partial charge is 0.416 e.